The van der Waals surface area contributed by atoms with E-state index >= 15 is 0 Å². The lowest BCUT2D eigenvalue weighted by atomic mass is 10.0. The average Bonchev–Trinajstić information content (AvgIpc) is 2.25. The second kappa shape index (κ2) is 5.04. The summed E-state index contributed by atoms with van der Waals surface area (Å²) < 4.78 is 0. The van der Waals surface area contributed by atoms with E-state index in [1.807, 2.05) is 0 Å². The van der Waals surface area contributed by atoms with Crippen LogP contribution in [0, 0.1) is 0 Å². The summed E-state index contributed by atoms with van der Waals surface area (Å²) in [4.78, 5) is 3.63. The molecule has 0 aliphatic carbocycles. The van der Waals surface area contributed by atoms with Crippen molar-refractivity contribution in [3.63, 3.8) is 0 Å². The Bertz CT molecular complexity index is 307. The van der Waals surface area contributed by atoms with Crippen LogP contribution in [-0.2, 0) is 6.54 Å². The summed E-state index contributed by atoms with van der Waals surface area (Å²) in [5.41, 5.74) is 1.40. The first kappa shape index (κ1) is 11.0. The number of likely N-dealkylation sites (tertiary alicyclic amines) is 1. The van der Waals surface area contributed by atoms with Crippen molar-refractivity contribution >= 4 is 12.6 Å². The first-order valence-electron chi connectivity index (χ1n) is 5.77. The third-order valence-electron chi connectivity index (χ3n) is 3.26. The van der Waals surface area contributed by atoms with Gasteiger partial charge in [0.2, 0.25) is 0 Å². The monoisotopic (exact) mass is 221 g/mol. The van der Waals surface area contributed by atoms with Gasteiger partial charge in [-0.05, 0) is 44.0 Å². The quantitative estimate of drug-likeness (QED) is 0.750. The highest BCUT2D eigenvalue weighted by Gasteiger charge is 2.17. The van der Waals surface area contributed by atoms with Gasteiger partial charge in [-0.2, -0.15) is 0 Å². The van der Waals surface area contributed by atoms with Crippen LogP contribution < -0.4 is 0 Å². The van der Waals surface area contributed by atoms with Gasteiger partial charge in [0, 0.05) is 17.5 Å². The summed E-state index contributed by atoms with van der Waals surface area (Å²) in [5.74, 6) is 0. The van der Waals surface area contributed by atoms with Crippen LogP contribution in [0.2, 0.25) is 0 Å². The predicted molar refractivity (Wildman–Crippen MR) is 67.4 cm³/mol. The van der Waals surface area contributed by atoms with E-state index in [0.29, 0.717) is 0 Å². The summed E-state index contributed by atoms with van der Waals surface area (Å²) in [5, 5.41) is 0. The van der Waals surface area contributed by atoms with Gasteiger partial charge < -0.3 is 0 Å². The van der Waals surface area contributed by atoms with Gasteiger partial charge in [0.05, 0.1) is 0 Å². The standard InChI is InChI=1S/C13H19NS/c1-11-4-2-3-9-14(11)10-12-5-7-13(15)8-6-12/h5-8,11,15H,2-4,9-10H2,1H3. The number of rotatable bonds is 2. The molecule has 1 saturated heterocycles. The molecule has 1 nitrogen and oxygen atoms in total. The minimum atomic E-state index is 0.745. The zero-order chi connectivity index (χ0) is 10.7. The van der Waals surface area contributed by atoms with Crippen molar-refractivity contribution in [3.05, 3.63) is 29.8 Å². The Hall–Kier alpha value is -0.470. The molecule has 1 aliphatic heterocycles. The molecule has 15 heavy (non-hydrogen) atoms. The van der Waals surface area contributed by atoms with Gasteiger partial charge in [0.1, 0.15) is 0 Å². The van der Waals surface area contributed by atoms with E-state index in [1.54, 1.807) is 0 Å². The van der Waals surface area contributed by atoms with Crippen LogP contribution in [0.1, 0.15) is 31.7 Å². The fourth-order valence-electron chi connectivity index (χ4n) is 2.23. The molecule has 1 aliphatic rings. The highest BCUT2D eigenvalue weighted by molar-refractivity contribution is 7.80. The number of hydrogen-bond donors (Lipinski definition) is 1. The molecule has 2 heteroatoms. The van der Waals surface area contributed by atoms with Crippen molar-refractivity contribution in [2.75, 3.05) is 6.54 Å². The van der Waals surface area contributed by atoms with Gasteiger partial charge in [0.15, 0.2) is 0 Å². The number of piperidine rings is 1. The second-order valence-corrected chi connectivity index (χ2v) is 5.00. The van der Waals surface area contributed by atoms with Gasteiger partial charge in [-0.15, -0.1) is 12.6 Å². The number of benzene rings is 1. The van der Waals surface area contributed by atoms with Crippen LogP contribution >= 0.6 is 12.6 Å². The first-order chi connectivity index (χ1) is 7.25. The average molecular weight is 221 g/mol. The van der Waals surface area contributed by atoms with Gasteiger partial charge in [-0.25, -0.2) is 0 Å². The second-order valence-electron chi connectivity index (χ2n) is 4.48. The van der Waals surface area contributed by atoms with E-state index in [4.69, 9.17) is 0 Å². The molecule has 1 heterocycles. The van der Waals surface area contributed by atoms with E-state index in [-0.39, 0.29) is 0 Å². The Kier molecular flexibility index (Phi) is 3.71. The Morgan fingerprint density at radius 3 is 2.67 bits per heavy atom. The minimum absolute atomic E-state index is 0.745. The van der Waals surface area contributed by atoms with Gasteiger partial charge in [-0.1, -0.05) is 18.6 Å². The largest absolute Gasteiger partial charge is 0.296 e. The van der Waals surface area contributed by atoms with Crippen LogP contribution in [0.3, 0.4) is 0 Å². The molecule has 0 aromatic heterocycles. The van der Waals surface area contributed by atoms with Crippen molar-refractivity contribution in [2.24, 2.45) is 0 Å². The molecule has 0 bridgehead atoms. The number of hydrogen-bond acceptors (Lipinski definition) is 2. The van der Waals surface area contributed by atoms with Crippen molar-refractivity contribution in [2.45, 2.75) is 43.7 Å². The lowest BCUT2D eigenvalue weighted by Gasteiger charge is -2.33. The third kappa shape index (κ3) is 2.99. The summed E-state index contributed by atoms with van der Waals surface area (Å²) in [6.45, 7) is 4.69. The maximum Gasteiger partial charge on any atom is 0.0236 e. The van der Waals surface area contributed by atoms with Gasteiger partial charge in [-0.3, -0.25) is 4.90 Å². The molecular weight excluding hydrogens is 202 g/mol. The minimum Gasteiger partial charge on any atom is -0.296 e. The summed E-state index contributed by atoms with van der Waals surface area (Å²) in [7, 11) is 0. The molecule has 0 radical (unpaired) electrons. The molecule has 0 spiro atoms. The molecule has 1 unspecified atom stereocenters. The van der Waals surface area contributed by atoms with Crippen LogP contribution in [0.4, 0.5) is 0 Å². The molecule has 0 amide bonds. The van der Waals surface area contributed by atoms with E-state index < -0.39 is 0 Å². The molecular formula is C13H19NS. The van der Waals surface area contributed by atoms with Crippen LogP contribution in [0.5, 0.6) is 0 Å². The van der Waals surface area contributed by atoms with Crippen molar-refractivity contribution < 1.29 is 0 Å². The molecule has 0 saturated carbocycles. The van der Waals surface area contributed by atoms with Crippen molar-refractivity contribution in [1.29, 1.82) is 0 Å². The maximum absolute atomic E-state index is 4.30. The zero-order valence-electron chi connectivity index (χ0n) is 9.32. The van der Waals surface area contributed by atoms with E-state index in [9.17, 15) is 0 Å². The topological polar surface area (TPSA) is 3.24 Å². The zero-order valence-corrected chi connectivity index (χ0v) is 10.2. The molecule has 0 N–H and O–H groups in total. The normalized spacial score (nSPS) is 22.9. The van der Waals surface area contributed by atoms with Crippen LogP contribution in [0.25, 0.3) is 0 Å². The number of nitrogens with zero attached hydrogens (tertiary/aromatic N) is 1. The van der Waals surface area contributed by atoms with Gasteiger partial charge >= 0.3 is 0 Å². The fourth-order valence-corrected chi connectivity index (χ4v) is 2.38. The Morgan fingerprint density at radius 1 is 1.27 bits per heavy atom. The molecule has 82 valence electrons. The van der Waals surface area contributed by atoms with E-state index in [0.717, 1.165) is 17.5 Å². The predicted octanol–water partition coefficient (Wildman–Crippen LogP) is 3.35. The third-order valence-corrected chi connectivity index (χ3v) is 3.56. The lowest BCUT2D eigenvalue weighted by molar-refractivity contribution is 0.152. The van der Waals surface area contributed by atoms with E-state index in [1.165, 1.54) is 31.4 Å². The highest BCUT2D eigenvalue weighted by Crippen LogP contribution is 2.19. The van der Waals surface area contributed by atoms with Crippen LogP contribution in [0.15, 0.2) is 29.2 Å². The molecule has 1 fully saturated rings. The smallest absolute Gasteiger partial charge is 0.0236 e. The van der Waals surface area contributed by atoms with Gasteiger partial charge in [0.25, 0.3) is 0 Å². The highest BCUT2D eigenvalue weighted by atomic mass is 32.1. The Morgan fingerprint density at radius 2 is 2.00 bits per heavy atom. The summed E-state index contributed by atoms with van der Waals surface area (Å²) in [6, 6.07) is 9.27. The molecule has 1 atom stereocenters. The fraction of sp³-hybridized carbons (Fsp3) is 0.538. The van der Waals surface area contributed by atoms with Crippen molar-refractivity contribution in [1.82, 2.24) is 4.90 Å². The Balaban J connectivity index is 1.98. The molecule has 1 aromatic rings. The lowest BCUT2D eigenvalue weighted by Crippen LogP contribution is -2.36. The SMILES string of the molecule is CC1CCCCN1Cc1ccc(S)cc1. The molecule has 2 rings (SSSR count). The first-order valence-corrected chi connectivity index (χ1v) is 6.22. The van der Waals surface area contributed by atoms with Crippen molar-refractivity contribution in [3.8, 4) is 0 Å². The maximum atomic E-state index is 4.30. The van der Waals surface area contributed by atoms with Crippen LogP contribution in [-0.4, -0.2) is 17.5 Å². The summed E-state index contributed by atoms with van der Waals surface area (Å²) >= 11 is 4.30. The Labute approximate surface area is 97.9 Å². The summed E-state index contributed by atoms with van der Waals surface area (Å²) in [6.07, 6.45) is 4.10. The number of thiol groups is 1. The molecule has 1 aromatic carbocycles. The van der Waals surface area contributed by atoms with E-state index in [2.05, 4.69) is 48.7 Å².